The van der Waals surface area contributed by atoms with Gasteiger partial charge in [0.05, 0.1) is 13.2 Å². The van der Waals surface area contributed by atoms with Gasteiger partial charge in [-0.25, -0.2) is 0 Å². The summed E-state index contributed by atoms with van der Waals surface area (Å²) in [6.07, 6.45) is 4.21. The topological polar surface area (TPSA) is 68.5 Å². The monoisotopic (exact) mass is 345 g/mol. The molecule has 6 nitrogen and oxygen atoms in total. The highest BCUT2D eigenvalue weighted by Crippen LogP contribution is 2.43. The van der Waals surface area contributed by atoms with Crippen molar-refractivity contribution in [2.75, 3.05) is 26.3 Å². The molecule has 7 heteroatoms. The Morgan fingerprint density at radius 2 is 2.50 bits per heavy atom. The number of carbonyl (C=O) groups is 1. The number of nitrogens with zero attached hydrogens (tertiary/aromatic N) is 3. The maximum Gasteiger partial charge on any atom is 0.246 e. The Kier molecular flexibility index (Phi) is 3.97. The van der Waals surface area contributed by atoms with Crippen molar-refractivity contribution < 1.29 is 14.1 Å². The second kappa shape index (κ2) is 6.14. The molecular weight excluding hydrogens is 326 g/mol. The van der Waals surface area contributed by atoms with Crippen LogP contribution < -0.4 is 0 Å². The molecule has 0 aliphatic carbocycles. The molecule has 126 valence electrons. The van der Waals surface area contributed by atoms with Crippen LogP contribution in [0.1, 0.15) is 16.6 Å². The van der Waals surface area contributed by atoms with Gasteiger partial charge in [-0.15, -0.1) is 11.3 Å². The van der Waals surface area contributed by atoms with E-state index in [2.05, 4.69) is 10.1 Å². The van der Waals surface area contributed by atoms with Crippen LogP contribution in [-0.4, -0.2) is 47.3 Å². The Labute approximate surface area is 144 Å². The van der Waals surface area contributed by atoms with Crippen molar-refractivity contribution in [2.45, 2.75) is 13.3 Å². The predicted molar refractivity (Wildman–Crippen MR) is 89.4 cm³/mol. The van der Waals surface area contributed by atoms with Gasteiger partial charge >= 0.3 is 0 Å². The molecule has 0 spiro atoms. The summed E-state index contributed by atoms with van der Waals surface area (Å²) in [5.41, 5.74) is -0.106. The molecule has 0 saturated carbocycles. The fourth-order valence-corrected chi connectivity index (χ4v) is 4.23. The first-order valence-electron chi connectivity index (χ1n) is 8.02. The number of likely N-dealkylation sites (tertiary alicyclic amines) is 1. The number of carbonyl (C=O) groups excluding carboxylic acids is 1. The molecular formula is C17H19N3O3S. The molecule has 0 bridgehead atoms. The summed E-state index contributed by atoms with van der Waals surface area (Å²) in [4.78, 5) is 19.8. The molecule has 2 aliphatic rings. The highest BCUT2D eigenvalue weighted by atomic mass is 32.1. The Bertz CT molecular complexity index is 755. The SMILES string of the molecule is Cc1noc(C[C@@]23COC[C@@H]2CN(C(=O)/C=C/c2cccs2)C3)n1. The lowest BCUT2D eigenvalue weighted by Gasteiger charge is -2.24. The van der Waals surface area contributed by atoms with E-state index in [0.717, 1.165) is 11.4 Å². The molecule has 2 saturated heterocycles. The molecule has 24 heavy (non-hydrogen) atoms. The third-order valence-electron chi connectivity index (χ3n) is 4.84. The van der Waals surface area contributed by atoms with Gasteiger partial charge in [0.15, 0.2) is 5.82 Å². The van der Waals surface area contributed by atoms with Crippen molar-refractivity contribution in [3.8, 4) is 0 Å². The van der Waals surface area contributed by atoms with Gasteiger partial charge in [0.1, 0.15) is 0 Å². The minimum Gasteiger partial charge on any atom is -0.380 e. The van der Waals surface area contributed by atoms with Crippen LogP contribution in [0.3, 0.4) is 0 Å². The minimum atomic E-state index is -0.106. The molecule has 1 amide bonds. The van der Waals surface area contributed by atoms with E-state index < -0.39 is 0 Å². The standard InChI is InChI=1S/C17H19N3O3S/c1-12-18-15(23-19-12)7-17-10-20(8-13(17)9-22-11-17)16(21)5-4-14-3-2-6-24-14/h2-6,13H,7-11H2,1H3/b5-4+/t13-,17+/m0/s1. The van der Waals surface area contributed by atoms with E-state index in [1.165, 1.54) is 0 Å². The maximum absolute atomic E-state index is 12.5. The second-order valence-electron chi connectivity index (χ2n) is 6.55. The highest BCUT2D eigenvalue weighted by molar-refractivity contribution is 7.10. The molecule has 0 unspecified atom stereocenters. The zero-order valence-electron chi connectivity index (χ0n) is 13.5. The summed E-state index contributed by atoms with van der Waals surface area (Å²) in [6.45, 7) is 4.53. The molecule has 4 rings (SSSR count). The fraction of sp³-hybridized carbons (Fsp3) is 0.471. The largest absolute Gasteiger partial charge is 0.380 e. The Morgan fingerprint density at radius 1 is 1.58 bits per heavy atom. The van der Waals surface area contributed by atoms with E-state index in [1.54, 1.807) is 17.4 Å². The van der Waals surface area contributed by atoms with Crippen LogP contribution in [0.5, 0.6) is 0 Å². The number of aryl methyl sites for hydroxylation is 1. The molecule has 4 heterocycles. The summed E-state index contributed by atoms with van der Waals surface area (Å²) < 4.78 is 11.0. The normalized spacial score (nSPS) is 26.4. The van der Waals surface area contributed by atoms with E-state index in [0.29, 0.717) is 43.8 Å². The van der Waals surface area contributed by atoms with Crippen molar-refractivity contribution in [3.63, 3.8) is 0 Å². The van der Waals surface area contributed by atoms with Crippen LogP contribution in [0.15, 0.2) is 28.1 Å². The smallest absolute Gasteiger partial charge is 0.246 e. The van der Waals surface area contributed by atoms with E-state index >= 15 is 0 Å². The molecule has 2 aromatic heterocycles. The van der Waals surface area contributed by atoms with Crippen molar-refractivity contribution in [1.29, 1.82) is 0 Å². The van der Waals surface area contributed by atoms with Gasteiger partial charge < -0.3 is 14.2 Å². The lowest BCUT2D eigenvalue weighted by molar-refractivity contribution is -0.125. The number of aromatic nitrogens is 2. The Morgan fingerprint density at radius 3 is 3.25 bits per heavy atom. The average Bonchev–Trinajstić information content (AvgIpc) is 3.29. The van der Waals surface area contributed by atoms with E-state index in [-0.39, 0.29) is 11.3 Å². The van der Waals surface area contributed by atoms with E-state index in [9.17, 15) is 4.79 Å². The predicted octanol–water partition coefficient (Wildman–Crippen LogP) is 2.17. The molecule has 2 atom stereocenters. The van der Waals surface area contributed by atoms with Crippen LogP contribution in [0, 0.1) is 18.3 Å². The third-order valence-corrected chi connectivity index (χ3v) is 5.68. The molecule has 2 aromatic rings. The number of amides is 1. The van der Waals surface area contributed by atoms with Crippen LogP contribution in [0.4, 0.5) is 0 Å². The summed E-state index contributed by atoms with van der Waals surface area (Å²) in [7, 11) is 0. The van der Waals surface area contributed by atoms with E-state index in [1.807, 2.05) is 35.4 Å². The Hall–Kier alpha value is -1.99. The van der Waals surface area contributed by atoms with Gasteiger partial charge in [0.25, 0.3) is 0 Å². The maximum atomic E-state index is 12.5. The van der Waals surface area contributed by atoms with E-state index in [4.69, 9.17) is 9.26 Å². The van der Waals surface area contributed by atoms with Crippen LogP contribution in [0.2, 0.25) is 0 Å². The second-order valence-corrected chi connectivity index (χ2v) is 7.53. The molecule has 0 N–H and O–H groups in total. The fourth-order valence-electron chi connectivity index (χ4n) is 3.61. The van der Waals surface area contributed by atoms with Crippen molar-refractivity contribution >= 4 is 23.3 Å². The summed E-state index contributed by atoms with van der Waals surface area (Å²) in [6, 6.07) is 3.98. The first-order chi connectivity index (χ1) is 11.6. The molecule has 0 aromatic carbocycles. The van der Waals surface area contributed by atoms with Gasteiger partial charge in [-0.1, -0.05) is 11.2 Å². The van der Waals surface area contributed by atoms with Crippen LogP contribution in [-0.2, 0) is 16.0 Å². The lowest BCUT2D eigenvalue weighted by atomic mass is 9.78. The number of thiophene rings is 1. The summed E-state index contributed by atoms with van der Waals surface area (Å²) >= 11 is 1.62. The van der Waals surface area contributed by atoms with Crippen LogP contribution >= 0.6 is 11.3 Å². The summed E-state index contributed by atoms with van der Waals surface area (Å²) in [5.74, 6) is 1.65. The first-order valence-corrected chi connectivity index (χ1v) is 8.90. The van der Waals surface area contributed by atoms with Crippen LogP contribution in [0.25, 0.3) is 6.08 Å². The van der Waals surface area contributed by atoms with Crippen molar-refractivity contribution in [1.82, 2.24) is 15.0 Å². The number of hydrogen-bond acceptors (Lipinski definition) is 6. The highest BCUT2D eigenvalue weighted by Gasteiger charge is 2.52. The van der Waals surface area contributed by atoms with Gasteiger partial charge in [0, 0.05) is 41.8 Å². The van der Waals surface area contributed by atoms with Gasteiger partial charge in [-0.05, 0) is 24.4 Å². The van der Waals surface area contributed by atoms with Crippen molar-refractivity contribution in [2.24, 2.45) is 11.3 Å². The third kappa shape index (κ3) is 2.89. The van der Waals surface area contributed by atoms with Gasteiger partial charge in [-0.2, -0.15) is 4.98 Å². The average molecular weight is 345 g/mol. The van der Waals surface area contributed by atoms with Gasteiger partial charge in [0.2, 0.25) is 11.8 Å². The number of rotatable bonds is 4. The summed E-state index contributed by atoms with van der Waals surface area (Å²) in [5, 5.41) is 5.87. The first kappa shape index (κ1) is 15.5. The van der Waals surface area contributed by atoms with Crippen molar-refractivity contribution in [3.05, 3.63) is 40.2 Å². The number of fused-ring (bicyclic) bond motifs is 1. The zero-order chi connectivity index (χ0) is 16.6. The van der Waals surface area contributed by atoms with Gasteiger partial charge in [-0.3, -0.25) is 4.79 Å². The molecule has 2 aliphatic heterocycles. The lowest BCUT2D eigenvalue weighted by Crippen LogP contribution is -2.34. The Balaban J connectivity index is 1.47. The number of hydrogen-bond donors (Lipinski definition) is 0. The quantitative estimate of drug-likeness (QED) is 0.795. The molecule has 2 fully saturated rings. The molecule has 0 radical (unpaired) electrons. The zero-order valence-corrected chi connectivity index (χ0v) is 14.3. The number of ether oxygens (including phenoxy) is 1. The minimum absolute atomic E-state index is 0.0545.